The van der Waals surface area contributed by atoms with Crippen LogP contribution in [0.25, 0.3) is 0 Å². The van der Waals surface area contributed by atoms with Gasteiger partial charge in [-0.05, 0) is 41.4 Å². The Morgan fingerprint density at radius 2 is 2.44 bits per heavy atom. The van der Waals surface area contributed by atoms with Crippen LogP contribution in [0, 0.1) is 0 Å². The van der Waals surface area contributed by atoms with E-state index in [-0.39, 0.29) is 0 Å². The molecule has 0 saturated carbocycles. The molecule has 1 aliphatic rings. The third kappa shape index (κ3) is 3.34. The third-order valence-corrected chi connectivity index (χ3v) is 3.49. The van der Waals surface area contributed by atoms with E-state index in [2.05, 4.69) is 31.5 Å². The molecule has 3 nitrogen and oxygen atoms in total. The minimum atomic E-state index is 0.527. The fourth-order valence-electron chi connectivity index (χ4n) is 1.88. The van der Waals surface area contributed by atoms with Crippen molar-refractivity contribution in [2.75, 3.05) is 18.4 Å². The Morgan fingerprint density at radius 1 is 1.56 bits per heavy atom. The molecule has 5 heteroatoms. The Kier molecular flexibility index (Phi) is 4.44. The molecule has 0 amide bonds. The van der Waals surface area contributed by atoms with Crippen LogP contribution in [0.15, 0.2) is 16.7 Å². The summed E-state index contributed by atoms with van der Waals surface area (Å²) in [5.74, 6) is 0. The van der Waals surface area contributed by atoms with Crippen LogP contribution in [0.5, 0.6) is 0 Å². The molecule has 2 heterocycles. The van der Waals surface area contributed by atoms with Gasteiger partial charge in [0.2, 0.25) is 0 Å². The van der Waals surface area contributed by atoms with E-state index in [1.54, 1.807) is 6.20 Å². The summed E-state index contributed by atoms with van der Waals surface area (Å²) in [5.41, 5.74) is 0.892. The Morgan fingerprint density at radius 3 is 3.19 bits per heavy atom. The predicted octanol–water partition coefficient (Wildman–Crippen LogP) is 3.05. The fourth-order valence-corrected chi connectivity index (χ4v) is 2.38. The molecule has 2 N–H and O–H groups in total. The number of halogens is 2. The summed E-state index contributed by atoms with van der Waals surface area (Å²) in [6, 6.07) is 2.50. The molecule has 16 heavy (non-hydrogen) atoms. The number of aromatic nitrogens is 1. The number of hydrogen-bond donors (Lipinski definition) is 2. The summed E-state index contributed by atoms with van der Waals surface area (Å²) in [4.78, 5) is 4.08. The number of rotatable bonds is 3. The summed E-state index contributed by atoms with van der Waals surface area (Å²) in [6.45, 7) is 2.02. The van der Waals surface area contributed by atoms with Crippen LogP contribution in [-0.4, -0.2) is 24.1 Å². The third-order valence-electron chi connectivity index (χ3n) is 2.76. The molecule has 1 unspecified atom stereocenters. The first-order chi connectivity index (χ1) is 7.75. The molecule has 0 radical (unpaired) electrons. The van der Waals surface area contributed by atoms with E-state index < -0.39 is 0 Å². The minimum absolute atomic E-state index is 0.527. The SMILES string of the molecule is Clc1ncc(Br)cc1NCC1CCCCN1. The van der Waals surface area contributed by atoms with Gasteiger partial charge < -0.3 is 10.6 Å². The molecule has 2 rings (SSSR count). The molecule has 0 aromatic carbocycles. The van der Waals surface area contributed by atoms with Gasteiger partial charge in [-0.2, -0.15) is 0 Å². The number of nitrogens with zero attached hydrogens (tertiary/aromatic N) is 1. The summed E-state index contributed by atoms with van der Waals surface area (Å²) in [6.07, 6.45) is 5.53. The lowest BCUT2D eigenvalue weighted by molar-refractivity contribution is 0.414. The van der Waals surface area contributed by atoms with E-state index in [0.29, 0.717) is 11.2 Å². The van der Waals surface area contributed by atoms with Crippen LogP contribution >= 0.6 is 27.5 Å². The molecule has 88 valence electrons. The molecular weight excluding hydrogens is 289 g/mol. The quantitative estimate of drug-likeness (QED) is 0.843. The van der Waals surface area contributed by atoms with Gasteiger partial charge in [-0.15, -0.1) is 0 Å². The van der Waals surface area contributed by atoms with Gasteiger partial charge in [-0.25, -0.2) is 4.98 Å². The second kappa shape index (κ2) is 5.84. The number of hydrogen-bond acceptors (Lipinski definition) is 3. The lowest BCUT2D eigenvalue weighted by Gasteiger charge is -2.24. The topological polar surface area (TPSA) is 37.0 Å². The van der Waals surface area contributed by atoms with E-state index in [0.717, 1.165) is 23.2 Å². The molecule has 1 aromatic heterocycles. The van der Waals surface area contributed by atoms with Gasteiger partial charge in [0.25, 0.3) is 0 Å². The average Bonchev–Trinajstić information content (AvgIpc) is 2.32. The highest BCUT2D eigenvalue weighted by atomic mass is 79.9. The molecular formula is C11H15BrClN3. The maximum absolute atomic E-state index is 6.00. The fraction of sp³-hybridized carbons (Fsp3) is 0.545. The first-order valence-electron chi connectivity index (χ1n) is 5.54. The maximum atomic E-state index is 6.00. The summed E-state index contributed by atoms with van der Waals surface area (Å²) in [7, 11) is 0. The molecule has 0 aliphatic carbocycles. The van der Waals surface area contributed by atoms with Gasteiger partial charge in [0.05, 0.1) is 5.69 Å². The van der Waals surface area contributed by atoms with E-state index in [1.165, 1.54) is 19.3 Å². The van der Waals surface area contributed by atoms with E-state index in [9.17, 15) is 0 Å². The highest BCUT2D eigenvalue weighted by molar-refractivity contribution is 9.10. The predicted molar refractivity (Wildman–Crippen MR) is 71.1 cm³/mol. The Labute approximate surface area is 109 Å². The van der Waals surface area contributed by atoms with Crippen LogP contribution in [-0.2, 0) is 0 Å². The van der Waals surface area contributed by atoms with Crippen molar-refractivity contribution in [3.63, 3.8) is 0 Å². The number of nitrogens with one attached hydrogen (secondary N) is 2. The lowest BCUT2D eigenvalue weighted by atomic mass is 10.1. The lowest BCUT2D eigenvalue weighted by Crippen LogP contribution is -2.39. The Bertz CT molecular complexity index is 353. The highest BCUT2D eigenvalue weighted by Crippen LogP contribution is 2.23. The maximum Gasteiger partial charge on any atom is 0.152 e. The zero-order valence-electron chi connectivity index (χ0n) is 8.97. The molecule has 0 spiro atoms. The van der Waals surface area contributed by atoms with Crippen molar-refractivity contribution >= 4 is 33.2 Å². The summed E-state index contributed by atoms with van der Waals surface area (Å²) in [5, 5.41) is 7.35. The van der Waals surface area contributed by atoms with E-state index in [1.807, 2.05) is 6.07 Å². The van der Waals surface area contributed by atoms with Crippen LogP contribution in [0.2, 0.25) is 5.15 Å². The van der Waals surface area contributed by atoms with Crippen molar-refractivity contribution in [1.29, 1.82) is 0 Å². The van der Waals surface area contributed by atoms with Crippen LogP contribution in [0.4, 0.5) is 5.69 Å². The van der Waals surface area contributed by atoms with Gasteiger partial charge in [-0.1, -0.05) is 18.0 Å². The standard InChI is InChI=1S/C11H15BrClN3/c12-8-5-10(11(13)16-6-8)15-7-9-3-1-2-4-14-9/h5-6,9,14-15H,1-4,7H2. The highest BCUT2D eigenvalue weighted by Gasteiger charge is 2.12. The van der Waals surface area contributed by atoms with Gasteiger partial charge >= 0.3 is 0 Å². The first kappa shape index (κ1) is 12.1. The average molecular weight is 305 g/mol. The van der Waals surface area contributed by atoms with E-state index in [4.69, 9.17) is 11.6 Å². The van der Waals surface area contributed by atoms with Crippen molar-refractivity contribution in [2.45, 2.75) is 25.3 Å². The normalized spacial score (nSPS) is 20.8. The van der Waals surface area contributed by atoms with Gasteiger partial charge in [0, 0.05) is 23.3 Å². The van der Waals surface area contributed by atoms with Crippen molar-refractivity contribution in [2.24, 2.45) is 0 Å². The molecule has 1 aromatic rings. The molecule has 1 aliphatic heterocycles. The largest absolute Gasteiger partial charge is 0.381 e. The number of piperidine rings is 1. The van der Waals surface area contributed by atoms with Crippen molar-refractivity contribution in [3.05, 3.63) is 21.9 Å². The van der Waals surface area contributed by atoms with Crippen molar-refractivity contribution in [3.8, 4) is 0 Å². The first-order valence-corrected chi connectivity index (χ1v) is 6.71. The second-order valence-corrected chi connectivity index (χ2v) is 5.29. The van der Waals surface area contributed by atoms with E-state index >= 15 is 0 Å². The summed E-state index contributed by atoms with van der Waals surface area (Å²) < 4.78 is 0.941. The van der Waals surface area contributed by atoms with Gasteiger partial charge in [0.15, 0.2) is 5.15 Å². The van der Waals surface area contributed by atoms with Crippen molar-refractivity contribution in [1.82, 2.24) is 10.3 Å². The molecule has 1 atom stereocenters. The number of anilines is 1. The van der Waals surface area contributed by atoms with Crippen molar-refractivity contribution < 1.29 is 0 Å². The molecule has 1 fully saturated rings. The monoisotopic (exact) mass is 303 g/mol. The zero-order chi connectivity index (χ0) is 11.4. The van der Waals surface area contributed by atoms with Crippen LogP contribution < -0.4 is 10.6 Å². The van der Waals surface area contributed by atoms with Gasteiger partial charge in [0.1, 0.15) is 0 Å². The number of pyridine rings is 1. The molecule has 0 bridgehead atoms. The smallest absolute Gasteiger partial charge is 0.152 e. The Hall–Kier alpha value is -0.320. The zero-order valence-corrected chi connectivity index (χ0v) is 11.3. The van der Waals surface area contributed by atoms with Crippen LogP contribution in [0.3, 0.4) is 0 Å². The molecule has 1 saturated heterocycles. The minimum Gasteiger partial charge on any atom is -0.381 e. The van der Waals surface area contributed by atoms with Crippen LogP contribution in [0.1, 0.15) is 19.3 Å². The van der Waals surface area contributed by atoms with Gasteiger partial charge in [-0.3, -0.25) is 0 Å². The Balaban J connectivity index is 1.90. The second-order valence-electron chi connectivity index (χ2n) is 4.02. The summed E-state index contributed by atoms with van der Waals surface area (Å²) >= 11 is 9.38.